The van der Waals surface area contributed by atoms with Crippen molar-refractivity contribution in [2.45, 2.75) is 79.1 Å². The van der Waals surface area contributed by atoms with Gasteiger partial charge in [-0.15, -0.1) is 0 Å². The summed E-state index contributed by atoms with van der Waals surface area (Å²) in [6, 6.07) is 15.5. The molecule has 0 fully saturated rings. The van der Waals surface area contributed by atoms with Gasteiger partial charge in [-0.2, -0.15) is 0 Å². The molecule has 0 heterocycles. The summed E-state index contributed by atoms with van der Waals surface area (Å²) in [6.45, 7) is 17.7. The topological polar surface area (TPSA) is 9.23 Å². The lowest BCUT2D eigenvalue weighted by molar-refractivity contribution is 0.406. The van der Waals surface area contributed by atoms with Crippen molar-refractivity contribution in [2.75, 3.05) is 7.11 Å². The van der Waals surface area contributed by atoms with Crippen LogP contribution in [0.3, 0.4) is 0 Å². The monoisotopic (exact) mass is 354 g/mol. The average molecular weight is 355 g/mol. The number of rotatable bonds is 5. The van der Waals surface area contributed by atoms with Crippen LogP contribution >= 0.6 is 0 Å². The van der Waals surface area contributed by atoms with Crippen molar-refractivity contribution < 1.29 is 4.74 Å². The van der Waals surface area contributed by atoms with E-state index in [1.54, 1.807) is 7.11 Å². The smallest absolute Gasteiger partial charge is 0.122 e. The second kappa shape index (κ2) is 10.4. The molecule has 2 aromatic rings. The third-order valence-corrected chi connectivity index (χ3v) is 4.82. The molecular weight excluding hydrogens is 316 g/mol. The third kappa shape index (κ3) is 6.52. The highest BCUT2D eigenvalue weighted by Gasteiger charge is 2.09. The molecule has 1 heteroatoms. The van der Waals surface area contributed by atoms with Gasteiger partial charge >= 0.3 is 0 Å². The molecule has 0 saturated carbocycles. The van der Waals surface area contributed by atoms with Gasteiger partial charge in [-0.3, -0.25) is 0 Å². The molecule has 1 nitrogen and oxygen atoms in total. The van der Waals surface area contributed by atoms with Crippen molar-refractivity contribution in [1.82, 2.24) is 0 Å². The van der Waals surface area contributed by atoms with Crippen LogP contribution in [0.1, 0.15) is 101 Å². The Hall–Kier alpha value is -1.76. The molecule has 0 radical (unpaired) electrons. The Kier molecular flexibility index (Phi) is 8.92. The van der Waals surface area contributed by atoms with Gasteiger partial charge in [-0.25, -0.2) is 0 Å². The lowest BCUT2D eigenvalue weighted by Crippen LogP contribution is -1.96. The second-order valence-corrected chi connectivity index (χ2v) is 8.29. The maximum absolute atomic E-state index is 5.40. The predicted octanol–water partition coefficient (Wildman–Crippen LogP) is 7.88. The normalized spacial score (nSPS) is 11.1. The lowest BCUT2D eigenvalue weighted by atomic mass is 9.96. The van der Waals surface area contributed by atoms with Gasteiger partial charge < -0.3 is 4.74 Å². The van der Waals surface area contributed by atoms with Crippen LogP contribution in [0, 0.1) is 0 Å². The Bertz CT molecular complexity index is 621. The molecular formula is C25H38O. The predicted molar refractivity (Wildman–Crippen MR) is 116 cm³/mol. The average Bonchev–Trinajstić information content (AvgIpc) is 2.61. The van der Waals surface area contributed by atoms with E-state index in [4.69, 9.17) is 4.74 Å². The van der Waals surface area contributed by atoms with Crippen molar-refractivity contribution in [1.29, 1.82) is 0 Å². The molecule has 2 rings (SSSR count). The SMILES string of the molecule is CC(C)c1ccc(C(C)C)cc1.COc1cc(C(C)C)ccc1C(C)C. The second-order valence-electron chi connectivity index (χ2n) is 8.29. The molecule has 0 atom stereocenters. The van der Waals surface area contributed by atoms with E-state index in [-0.39, 0.29) is 0 Å². The summed E-state index contributed by atoms with van der Waals surface area (Å²) in [6.07, 6.45) is 0. The molecule has 144 valence electrons. The summed E-state index contributed by atoms with van der Waals surface area (Å²) in [7, 11) is 1.74. The Labute approximate surface area is 161 Å². The number of hydrogen-bond acceptors (Lipinski definition) is 1. The van der Waals surface area contributed by atoms with Gasteiger partial charge in [-0.1, -0.05) is 91.8 Å². The summed E-state index contributed by atoms with van der Waals surface area (Å²) in [5.74, 6) is 3.39. The van der Waals surface area contributed by atoms with Gasteiger partial charge in [0.2, 0.25) is 0 Å². The quantitative estimate of drug-likeness (QED) is 0.530. The Morgan fingerprint density at radius 1 is 0.538 bits per heavy atom. The van der Waals surface area contributed by atoms with E-state index < -0.39 is 0 Å². The summed E-state index contributed by atoms with van der Waals surface area (Å²) in [5.41, 5.74) is 5.49. The minimum atomic E-state index is 0.520. The first-order valence-corrected chi connectivity index (χ1v) is 9.95. The molecule has 0 aliphatic rings. The van der Waals surface area contributed by atoms with E-state index in [0.717, 1.165) is 5.75 Å². The van der Waals surface area contributed by atoms with E-state index in [9.17, 15) is 0 Å². The zero-order valence-corrected chi connectivity index (χ0v) is 18.3. The zero-order valence-electron chi connectivity index (χ0n) is 18.3. The maximum atomic E-state index is 5.40. The molecule has 0 spiro atoms. The minimum Gasteiger partial charge on any atom is -0.496 e. The summed E-state index contributed by atoms with van der Waals surface area (Å²) in [5, 5.41) is 0. The standard InChI is InChI=1S/C13H20O.C12H18/c1-9(2)11-6-7-12(10(3)4)13(8-11)14-5;1-9(2)11-5-7-12(8-6-11)10(3)4/h6-10H,1-5H3;5-10H,1-4H3. The van der Waals surface area contributed by atoms with Crippen LogP contribution in [0.2, 0.25) is 0 Å². The van der Waals surface area contributed by atoms with Crippen molar-refractivity contribution >= 4 is 0 Å². The summed E-state index contributed by atoms with van der Waals surface area (Å²) >= 11 is 0. The van der Waals surface area contributed by atoms with Crippen molar-refractivity contribution in [2.24, 2.45) is 0 Å². The fourth-order valence-electron chi connectivity index (χ4n) is 2.83. The first-order chi connectivity index (χ1) is 12.2. The summed E-state index contributed by atoms with van der Waals surface area (Å²) in [4.78, 5) is 0. The van der Waals surface area contributed by atoms with E-state index >= 15 is 0 Å². The van der Waals surface area contributed by atoms with Crippen molar-refractivity contribution in [3.05, 3.63) is 64.7 Å². The van der Waals surface area contributed by atoms with E-state index in [2.05, 4.69) is 97.9 Å². The Morgan fingerprint density at radius 2 is 0.923 bits per heavy atom. The number of methoxy groups -OCH3 is 1. The molecule has 0 aromatic heterocycles. The minimum absolute atomic E-state index is 0.520. The van der Waals surface area contributed by atoms with Crippen molar-refractivity contribution in [3.63, 3.8) is 0 Å². The first-order valence-electron chi connectivity index (χ1n) is 9.95. The molecule has 0 aliphatic heterocycles. The largest absolute Gasteiger partial charge is 0.496 e. The van der Waals surface area contributed by atoms with Crippen molar-refractivity contribution in [3.8, 4) is 5.75 Å². The van der Waals surface area contributed by atoms with Gasteiger partial charge in [0.15, 0.2) is 0 Å². The van der Waals surface area contributed by atoms with Crippen LogP contribution < -0.4 is 4.74 Å². The van der Waals surface area contributed by atoms with Gasteiger partial charge in [-0.05, 0) is 52.0 Å². The molecule has 0 amide bonds. The molecule has 0 saturated heterocycles. The lowest BCUT2D eigenvalue weighted by Gasteiger charge is -2.14. The molecule has 0 bridgehead atoms. The van der Waals surface area contributed by atoms with Crippen LogP contribution in [-0.4, -0.2) is 7.11 Å². The molecule has 2 aromatic carbocycles. The van der Waals surface area contributed by atoms with Gasteiger partial charge in [0.05, 0.1) is 7.11 Å². The maximum Gasteiger partial charge on any atom is 0.122 e. The molecule has 0 N–H and O–H groups in total. The summed E-state index contributed by atoms with van der Waals surface area (Å²) < 4.78 is 5.40. The Balaban J connectivity index is 0.000000263. The van der Waals surface area contributed by atoms with Gasteiger partial charge in [0.1, 0.15) is 5.75 Å². The number of ether oxygens (including phenoxy) is 1. The highest BCUT2D eigenvalue weighted by molar-refractivity contribution is 5.40. The third-order valence-electron chi connectivity index (χ3n) is 4.82. The van der Waals surface area contributed by atoms with Gasteiger partial charge in [0, 0.05) is 0 Å². The molecule has 0 unspecified atom stereocenters. The molecule has 26 heavy (non-hydrogen) atoms. The molecule has 0 aliphatic carbocycles. The van der Waals surface area contributed by atoms with Crippen LogP contribution in [0.25, 0.3) is 0 Å². The van der Waals surface area contributed by atoms with Gasteiger partial charge in [0.25, 0.3) is 0 Å². The number of hydrogen-bond donors (Lipinski definition) is 0. The van der Waals surface area contributed by atoms with Crippen LogP contribution in [0.5, 0.6) is 5.75 Å². The highest BCUT2D eigenvalue weighted by atomic mass is 16.5. The van der Waals surface area contributed by atoms with Crippen LogP contribution in [-0.2, 0) is 0 Å². The first kappa shape index (κ1) is 22.3. The van der Waals surface area contributed by atoms with E-state index in [1.807, 2.05) is 0 Å². The van der Waals surface area contributed by atoms with E-state index in [0.29, 0.717) is 23.7 Å². The zero-order chi connectivity index (χ0) is 19.9. The highest BCUT2D eigenvalue weighted by Crippen LogP contribution is 2.29. The Morgan fingerprint density at radius 3 is 1.23 bits per heavy atom. The fourth-order valence-corrected chi connectivity index (χ4v) is 2.83. The number of benzene rings is 2. The van der Waals surface area contributed by atoms with E-state index in [1.165, 1.54) is 22.3 Å². The fraction of sp³-hybridized carbons (Fsp3) is 0.520. The van der Waals surface area contributed by atoms with Crippen LogP contribution in [0.15, 0.2) is 42.5 Å². The van der Waals surface area contributed by atoms with Crippen LogP contribution in [0.4, 0.5) is 0 Å².